The first-order valence-electron chi connectivity index (χ1n) is 14.2. The van der Waals surface area contributed by atoms with E-state index in [1.165, 1.54) is 51.4 Å². The molecule has 2 unspecified atom stereocenters. The minimum Gasteiger partial charge on any atom is -0.462 e. The Bertz CT molecular complexity index is 840. The molecule has 2 heteroatoms. The van der Waals surface area contributed by atoms with Crippen molar-refractivity contribution in [2.75, 3.05) is 0 Å². The predicted molar refractivity (Wildman–Crippen MR) is 136 cm³/mol. The molecule has 5 aliphatic rings. The lowest BCUT2D eigenvalue weighted by atomic mass is 9.36. The molecule has 0 aliphatic heterocycles. The van der Waals surface area contributed by atoms with Gasteiger partial charge in [0.05, 0.1) is 0 Å². The molecule has 186 valence electrons. The average Bonchev–Trinajstić information content (AvgIpc) is 2.73. The third-order valence-electron chi connectivity index (χ3n) is 13.0. The highest BCUT2D eigenvalue weighted by Crippen LogP contribution is 2.73. The lowest BCUT2D eigenvalue weighted by Crippen LogP contribution is -2.61. The van der Waals surface area contributed by atoms with Crippen LogP contribution in [-0.4, -0.2) is 12.1 Å². The summed E-state index contributed by atoms with van der Waals surface area (Å²) >= 11 is 0. The molecule has 0 saturated heterocycles. The molecule has 0 aromatic carbocycles. The van der Waals surface area contributed by atoms with Crippen molar-refractivity contribution in [3.63, 3.8) is 0 Å². The normalized spacial score (nSPS) is 53.0. The third-order valence-corrected chi connectivity index (χ3v) is 13.0. The van der Waals surface area contributed by atoms with Crippen molar-refractivity contribution in [3.8, 4) is 0 Å². The molecule has 0 heterocycles. The zero-order valence-electron chi connectivity index (χ0n) is 22.8. The molecule has 2 nitrogen and oxygen atoms in total. The first-order chi connectivity index (χ1) is 15.3. The molecule has 5 rings (SSSR count). The summed E-state index contributed by atoms with van der Waals surface area (Å²) < 4.78 is 5.86. The monoisotopic (exact) mass is 454 g/mol. The van der Waals surface area contributed by atoms with Crippen LogP contribution in [0, 0.1) is 57.2 Å². The third kappa shape index (κ3) is 3.20. The van der Waals surface area contributed by atoms with E-state index in [4.69, 9.17) is 4.74 Å². The Hall–Kier alpha value is -0.790. The fourth-order valence-corrected chi connectivity index (χ4v) is 10.5. The van der Waals surface area contributed by atoms with E-state index in [2.05, 4.69) is 54.5 Å². The topological polar surface area (TPSA) is 26.3 Å². The van der Waals surface area contributed by atoms with E-state index in [9.17, 15) is 4.79 Å². The van der Waals surface area contributed by atoms with Crippen LogP contribution in [-0.2, 0) is 9.53 Å². The first-order valence-corrected chi connectivity index (χ1v) is 14.2. The fraction of sp³-hybridized carbons (Fsp3) is 0.903. The van der Waals surface area contributed by atoms with E-state index < -0.39 is 0 Å². The van der Waals surface area contributed by atoms with Crippen molar-refractivity contribution in [2.24, 2.45) is 57.2 Å². The Morgan fingerprint density at radius 1 is 0.909 bits per heavy atom. The van der Waals surface area contributed by atoms with Gasteiger partial charge in [0.25, 0.3) is 0 Å². The maximum atomic E-state index is 11.8. The van der Waals surface area contributed by atoms with Crippen LogP contribution >= 0.6 is 0 Å². The van der Waals surface area contributed by atoms with Gasteiger partial charge in [0.2, 0.25) is 0 Å². The standard InChI is InChI=1S/C31H50O2/c1-19-13-15-29(6)17-18-31(8)25(27(29)20(19)2)11-10-24-22-9-12-26(33-21(3)32)28(4,5)23(22)14-16-30(24,31)7/h11,19-20,22-24,26-27H,9-10,12-18H2,1-8H3/t19-,20+,22?,23-,24-,26+,27?,29-,30-,31-/m1/s1. The van der Waals surface area contributed by atoms with Gasteiger partial charge >= 0.3 is 5.97 Å². The number of hydrogen-bond donors (Lipinski definition) is 0. The molecule has 10 atom stereocenters. The van der Waals surface area contributed by atoms with Crippen LogP contribution in [0.1, 0.15) is 113 Å². The number of carbonyl (C=O) groups excluding carboxylic acids is 1. The second kappa shape index (κ2) is 7.60. The number of fused-ring (bicyclic) bond motifs is 7. The largest absolute Gasteiger partial charge is 0.462 e. The molecule has 5 aliphatic carbocycles. The zero-order chi connectivity index (χ0) is 24.0. The van der Waals surface area contributed by atoms with Gasteiger partial charge in [-0.25, -0.2) is 0 Å². The molecular formula is C31H50O2. The maximum absolute atomic E-state index is 11.8. The quantitative estimate of drug-likeness (QED) is 0.295. The molecule has 0 spiro atoms. The summed E-state index contributed by atoms with van der Waals surface area (Å²) in [5, 5.41) is 0. The van der Waals surface area contributed by atoms with E-state index in [0.29, 0.717) is 22.2 Å². The lowest BCUT2D eigenvalue weighted by molar-refractivity contribution is -0.182. The van der Waals surface area contributed by atoms with Crippen molar-refractivity contribution in [2.45, 2.75) is 119 Å². The van der Waals surface area contributed by atoms with Crippen LogP contribution in [0.4, 0.5) is 0 Å². The number of esters is 1. The number of rotatable bonds is 1. The highest BCUT2D eigenvalue weighted by Gasteiger charge is 2.65. The first kappa shape index (κ1) is 23.9. The fourth-order valence-electron chi connectivity index (χ4n) is 10.5. The van der Waals surface area contributed by atoms with E-state index >= 15 is 0 Å². The van der Waals surface area contributed by atoms with Gasteiger partial charge < -0.3 is 4.74 Å². The molecular weight excluding hydrogens is 404 g/mol. The molecule has 0 N–H and O–H groups in total. The van der Waals surface area contributed by atoms with E-state index in [-0.39, 0.29) is 17.5 Å². The Morgan fingerprint density at radius 3 is 2.33 bits per heavy atom. The van der Waals surface area contributed by atoms with Crippen LogP contribution in [0.3, 0.4) is 0 Å². The molecule has 0 amide bonds. The summed E-state index contributed by atoms with van der Waals surface area (Å²) in [5.41, 5.74) is 3.24. The minimum atomic E-state index is -0.106. The van der Waals surface area contributed by atoms with Gasteiger partial charge in [-0.05, 0) is 110 Å². The highest BCUT2D eigenvalue weighted by molar-refractivity contribution is 5.66. The average molecular weight is 455 g/mol. The van der Waals surface area contributed by atoms with Crippen LogP contribution in [0.2, 0.25) is 0 Å². The molecule has 33 heavy (non-hydrogen) atoms. The Labute approximate surface area is 203 Å². The minimum absolute atomic E-state index is 0.0826. The summed E-state index contributed by atoms with van der Waals surface area (Å²) in [4.78, 5) is 11.8. The van der Waals surface area contributed by atoms with Crippen LogP contribution < -0.4 is 0 Å². The number of allylic oxidation sites excluding steroid dienone is 2. The van der Waals surface area contributed by atoms with Crippen molar-refractivity contribution < 1.29 is 9.53 Å². The Balaban J connectivity index is 1.50. The summed E-state index contributed by atoms with van der Waals surface area (Å²) in [6, 6.07) is 0. The highest BCUT2D eigenvalue weighted by atomic mass is 16.5. The summed E-state index contributed by atoms with van der Waals surface area (Å²) in [6.45, 7) is 19.5. The van der Waals surface area contributed by atoms with E-state index in [1.54, 1.807) is 6.92 Å². The van der Waals surface area contributed by atoms with E-state index in [1.807, 2.05) is 5.57 Å². The van der Waals surface area contributed by atoms with Gasteiger partial charge in [-0.15, -0.1) is 0 Å². The van der Waals surface area contributed by atoms with Gasteiger partial charge in [-0.2, -0.15) is 0 Å². The number of ether oxygens (including phenoxy) is 1. The molecule has 0 aromatic heterocycles. The Kier molecular flexibility index (Phi) is 5.51. The molecule has 0 aromatic rings. The van der Waals surface area contributed by atoms with E-state index in [0.717, 1.165) is 36.0 Å². The SMILES string of the molecule is CC(=O)O[C@H]1CCC2[C@@H](CC[C@]3(C)[C@@H]2CC=C2C4[C@@H](C)[C@H](C)CC[C@]4(C)CC[C@]23C)C1(C)C. The zero-order valence-corrected chi connectivity index (χ0v) is 22.8. The van der Waals surface area contributed by atoms with Crippen molar-refractivity contribution in [3.05, 3.63) is 11.6 Å². The molecule has 4 saturated carbocycles. The second-order valence-corrected chi connectivity index (χ2v) is 14.6. The second-order valence-electron chi connectivity index (χ2n) is 14.6. The summed E-state index contributed by atoms with van der Waals surface area (Å²) in [7, 11) is 0. The van der Waals surface area contributed by atoms with Gasteiger partial charge in [0.1, 0.15) is 6.10 Å². The van der Waals surface area contributed by atoms with Crippen molar-refractivity contribution >= 4 is 5.97 Å². The predicted octanol–water partition coefficient (Wildman–Crippen LogP) is 8.21. The van der Waals surface area contributed by atoms with Crippen molar-refractivity contribution in [1.82, 2.24) is 0 Å². The van der Waals surface area contributed by atoms with Crippen molar-refractivity contribution in [1.29, 1.82) is 0 Å². The van der Waals surface area contributed by atoms with Gasteiger partial charge in [0.15, 0.2) is 0 Å². The number of carbonyl (C=O) groups is 1. The maximum Gasteiger partial charge on any atom is 0.302 e. The molecule has 0 radical (unpaired) electrons. The lowest BCUT2D eigenvalue weighted by Gasteiger charge is -2.69. The van der Waals surface area contributed by atoms with Crippen LogP contribution in [0.15, 0.2) is 11.6 Å². The van der Waals surface area contributed by atoms with Gasteiger partial charge in [-0.3, -0.25) is 4.79 Å². The van der Waals surface area contributed by atoms with Crippen LogP contribution in [0.25, 0.3) is 0 Å². The summed E-state index contributed by atoms with van der Waals surface area (Å²) in [6.07, 6.45) is 14.7. The van der Waals surface area contributed by atoms with Gasteiger partial charge in [-0.1, -0.05) is 60.1 Å². The van der Waals surface area contributed by atoms with Gasteiger partial charge in [0, 0.05) is 12.3 Å². The smallest absolute Gasteiger partial charge is 0.302 e. The molecule has 4 fully saturated rings. The van der Waals surface area contributed by atoms with Crippen LogP contribution in [0.5, 0.6) is 0 Å². The Morgan fingerprint density at radius 2 is 1.64 bits per heavy atom. The number of hydrogen-bond acceptors (Lipinski definition) is 2. The molecule has 0 bridgehead atoms. The summed E-state index contributed by atoms with van der Waals surface area (Å²) in [5.74, 6) is 4.57.